The van der Waals surface area contributed by atoms with Crippen molar-refractivity contribution in [2.75, 3.05) is 7.11 Å². The highest BCUT2D eigenvalue weighted by atomic mass is 16.5. The van der Waals surface area contributed by atoms with Gasteiger partial charge in [-0.25, -0.2) is 0 Å². The average molecular weight is 197 g/mol. The van der Waals surface area contributed by atoms with E-state index in [4.69, 9.17) is 4.74 Å². The van der Waals surface area contributed by atoms with Gasteiger partial charge in [0.25, 0.3) is 0 Å². The number of nitrogens with one attached hydrogen (secondary N) is 1. The van der Waals surface area contributed by atoms with Crippen LogP contribution in [0.2, 0.25) is 0 Å². The standard InChI is InChI=1S/C11H19NO2/c1-3-7-6-9(7)12-10(8-4-5-8)11(13)14-2/h7-10,12H,3-6H2,1-2H3. The molecule has 0 aromatic carbocycles. The molecule has 2 saturated carbocycles. The van der Waals surface area contributed by atoms with Gasteiger partial charge in [-0.3, -0.25) is 4.79 Å². The smallest absolute Gasteiger partial charge is 0.323 e. The van der Waals surface area contributed by atoms with Crippen molar-refractivity contribution in [2.45, 2.75) is 44.7 Å². The molecule has 0 heterocycles. The van der Waals surface area contributed by atoms with Gasteiger partial charge in [-0.05, 0) is 31.1 Å². The molecule has 0 aromatic rings. The van der Waals surface area contributed by atoms with Crippen LogP contribution in [0.25, 0.3) is 0 Å². The Hall–Kier alpha value is -0.570. The topological polar surface area (TPSA) is 38.3 Å². The number of hydrogen-bond donors (Lipinski definition) is 1. The highest BCUT2D eigenvalue weighted by Crippen LogP contribution is 2.38. The monoisotopic (exact) mass is 197 g/mol. The van der Waals surface area contributed by atoms with Crippen LogP contribution in [0, 0.1) is 11.8 Å². The number of esters is 1. The second-order valence-electron chi connectivity index (χ2n) is 4.52. The number of ether oxygens (including phenoxy) is 1. The molecule has 1 N–H and O–H groups in total. The van der Waals surface area contributed by atoms with E-state index in [9.17, 15) is 4.79 Å². The lowest BCUT2D eigenvalue weighted by Gasteiger charge is -2.15. The normalized spacial score (nSPS) is 32.4. The average Bonchev–Trinajstić information content (AvgIpc) is 3.05. The van der Waals surface area contributed by atoms with Crippen LogP contribution in [0.15, 0.2) is 0 Å². The molecule has 2 rings (SSSR count). The van der Waals surface area contributed by atoms with E-state index in [-0.39, 0.29) is 12.0 Å². The van der Waals surface area contributed by atoms with Crippen LogP contribution in [-0.2, 0) is 9.53 Å². The quantitative estimate of drug-likeness (QED) is 0.676. The summed E-state index contributed by atoms with van der Waals surface area (Å²) in [4.78, 5) is 11.5. The lowest BCUT2D eigenvalue weighted by Crippen LogP contribution is -2.41. The largest absolute Gasteiger partial charge is 0.468 e. The molecular formula is C11H19NO2. The summed E-state index contributed by atoms with van der Waals surface area (Å²) in [6.07, 6.45) is 4.81. The summed E-state index contributed by atoms with van der Waals surface area (Å²) in [7, 11) is 1.48. The Morgan fingerprint density at radius 1 is 1.57 bits per heavy atom. The van der Waals surface area contributed by atoms with Gasteiger partial charge in [0.15, 0.2) is 0 Å². The maximum absolute atomic E-state index is 11.5. The van der Waals surface area contributed by atoms with Crippen LogP contribution in [0.5, 0.6) is 0 Å². The molecule has 2 aliphatic rings. The summed E-state index contributed by atoms with van der Waals surface area (Å²) in [5, 5.41) is 3.43. The summed E-state index contributed by atoms with van der Waals surface area (Å²) in [6.45, 7) is 2.20. The van der Waals surface area contributed by atoms with Crippen LogP contribution < -0.4 is 5.32 Å². The van der Waals surface area contributed by atoms with Crippen LogP contribution in [-0.4, -0.2) is 25.2 Å². The Labute approximate surface area is 85.2 Å². The van der Waals surface area contributed by atoms with E-state index < -0.39 is 0 Å². The second kappa shape index (κ2) is 3.89. The molecule has 3 heteroatoms. The summed E-state index contributed by atoms with van der Waals surface area (Å²) >= 11 is 0. The SMILES string of the molecule is CCC1CC1NC(C(=O)OC)C1CC1. The number of carbonyl (C=O) groups excluding carboxylic acids is 1. The zero-order valence-electron chi connectivity index (χ0n) is 8.95. The maximum Gasteiger partial charge on any atom is 0.323 e. The van der Waals surface area contributed by atoms with Crippen LogP contribution in [0.1, 0.15) is 32.6 Å². The van der Waals surface area contributed by atoms with Gasteiger partial charge in [0, 0.05) is 6.04 Å². The van der Waals surface area contributed by atoms with Crippen molar-refractivity contribution in [3.8, 4) is 0 Å². The molecule has 0 spiro atoms. The van der Waals surface area contributed by atoms with E-state index >= 15 is 0 Å². The molecular weight excluding hydrogens is 178 g/mol. The van der Waals surface area contributed by atoms with Gasteiger partial charge in [0.1, 0.15) is 6.04 Å². The second-order valence-corrected chi connectivity index (χ2v) is 4.52. The molecule has 2 aliphatic carbocycles. The maximum atomic E-state index is 11.5. The first kappa shape index (κ1) is 9.97. The molecule has 2 fully saturated rings. The fourth-order valence-corrected chi connectivity index (χ4v) is 2.09. The van der Waals surface area contributed by atoms with Crippen molar-refractivity contribution in [3.05, 3.63) is 0 Å². The Morgan fingerprint density at radius 3 is 2.71 bits per heavy atom. The zero-order valence-corrected chi connectivity index (χ0v) is 8.95. The summed E-state index contributed by atoms with van der Waals surface area (Å²) in [5.74, 6) is 1.26. The van der Waals surface area contributed by atoms with Crippen molar-refractivity contribution in [1.29, 1.82) is 0 Å². The minimum absolute atomic E-state index is 0.0263. The van der Waals surface area contributed by atoms with Gasteiger partial charge >= 0.3 is 5.97 Å². The third kappa shape index (κ3) is 2.08. The first-order valence-corrected chi connectivity index (χ1v) is 5.60. The summed E-state index contributed by atoms with van der Waals surface area (Å²) < 4.78 is 4.81. The van der Waals surface area contributed by atoms with Gasteiger partial charge in [-0.15, -0.1) is 0 Å². The van der Waals surface area contributed by atoms with Crippen LogP contribution in [0.3, 0.4) is 0 Å². The Balaban J connectivity index is 1.82. The van der Waals surface area contributed by atoms with Gasteiger partial charge < -0.3 is 10.1 Å². The Kier molecular flexibility index (Phi) is 2.77. The van der Waals surface area contributed by atoms with E-state index in [1.807, 2.05) is 0 Å². The molecule has 0 bridgehead atoms. The molecule has 14 heavy (non-hydrogen) atoms. The predicted molar refractivity (Wildman–Crippen MR) is 53.8 cm³/mol. The molecule has 0 radical (unpaired) electrons. The fourth-order valence-electron chi connectivity index (χ4n) is 2.09. The highest BCUT2D eigenvalue weighted by molar-refractivity contribution is 5.76. The number of rotatable bonds is 5. The molecule has 0 saturated heterocycles. The van der Waals surface area contributed by atoms with Crippen LogP contribution in [0.4, 0.5) is 0 Å². The number of methoxy groups -OCH3 is 1. The van der Waals surface area contributed by atoms with E-state index in [1.54, 1.807) is 0 Å². The summed E-state index contributed by atoms with van der Waals surface area (Å²) in [6, 6.07) is 0.547. The predicted octanol–water partition coefficient (Wildman–Crippen LogP) is 1.33. The van der Waals surface area contributed by atoms with Gasteiger partial charge in [-0.1, -0.05) is 13.3 Å². The van der Waals surface area contributed by atoms with Crippen molar-refractivity contribution < 1.29 is 9.53 Å². The van der Waals surface area contributed by atoms with E-state index in [1.165, 1.54) is 32.8 Å². The first-order valence-electron chi connectivity index (χ1n) is 5.60. The molecule has 3 unspecified atom stereocenters. The molecule has 80 valence electrons. The first-order chi connectivity index (χ1) is 6.76. The molecule has 3 nitrogen and oxygen atoms in total. The molecule has 0 aliphatic heterocycles. The zero-order chi connectivity index (χ0) is 10.1. The minimum atomic E-state index is -0.0748. The van der Waals surface area contributed by atoms with E-state index in [0.29, 0.717) is 12.0 Å². The van der Waals surface area contributed by atoms with Crippen molar-refractivity contribution >= 4 is 5.97 Å². The lowest BCUT2D eigenvalue weighted by atomic mass is 10.2. The summed E-state index contributed by atoms with van der Waals surface area (Å²) in [5.41, 5.74) is 0. The highest BCUT2D eigenvalue weighted by Gasteiger charge is 2.43. The third-order valence-electron chi connectivity index (χ3n) is 3.39. The van der Waals surface area contributed by atoms with Crippen LogP contribution >= 0.6 is 0 Å². The van der Waals surface area contributed by atoms with E-state index in [0.717, 1.165) is 5.92 Å². The molecule has 0 aromatic heterocycles. The van der Waals surface area contributed by atoms with Crippen molar-refractivity contribution in [3.63, 3.8) is 0 Å². The van der Waals surface area contributed by atoms with Gasteiger partial charge in [-0.2, -0.15) is 0 Å². The number of carbonyl (C=O) groups is 1. The van der Waals surface area contributed by atoms with Gasteiger partial charge in [0.2, 0.25) is 0 Å². The Bertz CT molecular complexity index is 225. The fraction of sp³-hybridized carbons (Fsp3) is 0.909. The van der Waals surface area contributed by atoms with E-state index in [2.05, 4.69) is 12.2 Å². The third-order valence-corrected chi connectivity index (χ3v) is 3.39. The van der Waals surface area contributed by atoms with Crippen molar-refractivity contribution in [1.82, 2.24) is 5.32 Å². The minimum Gasteiger partial charge on any atom is -0.468 e. The lowest BCUT2D eigenvalue weighted by molar-refractivity contribution is -0.143. The molecule has 3 atom stereocenters. The number of hydrogen-bond acceptors (Lipinski definition) is 3. The van der Waals surface area contributed by atoms with Gasteiger partial charge in [0.05, 0.1) is 7.11 Å². The Morgan fingerprint density at radius 2 is 2.29 bits per heavy atom. The molecule has 0 amide bonds. The van der Waals surface area contributed by atoms with Crippen molar-refractivity contribution in [2.24, 2.45) is 11.8 Å².